The molecule has 8 heteroatoms. The van der Waals surface area contributed by atoms with Crippen LogP contribution in [0.1, 0.15) is 6.92 Å². The van der Waals surface area contributed by atoms with E-state index in [1.807, 2.05) is 24.3 Å². The SMILES string of the molecule is COC(C)(C(=O)O)C(=O)N1CCN(c2nc3ccccc3s2)CC1. The third-order valence-electron chi connectivity index (χ3n) is 4.34. The number of benzene rings is 1. The molecule has 1 aromatic heterocycles. The first-order chi connectivity index (χ1) is 11.5. The molecule has 2 heterocycles. The van der Waals surface area contributed by atoms with Crippen molar-refractivity contribution in [1.82, 2.24) is 9.88 Å². The van der Waals surface area contributed by atoms with Crippen molar-refractivity contribution in [2.24, 2.45) is 0 Å². The van der Waals surface area contributed by atoms with E-state index >= 15 is 0 Å². The second-order valence-electron chi connectivity index (χ2n) is 5.79. The summed E-state index contributed by atoms with van der Waals surface area (Å²) < 4.78 is 6.08. The summed E-state index contributed by atoms with van der Waals surface area (Å²) in [6, 6.07) is 7.96. The lowest BCUT2D eigenvalue weighted by atomic mass is 10.0. The number of amides is 1. The van der Waals surface area contributed by atoms with E-state index < -0.39 is 17.5 Å². The zero-order valence-electron chi connectivity index (χ0n) is 13.6. The van der Waals surface area contributed by atoms with E-state index in [0.717, 1.165) is 15.3 Å². The van der Waals surface area contributed by atoms with Gasteiger partial charge < -0.3 is 19.6 Å². The van der Waals surface area contributed by atoms with E-state index in [4.69, 9.17) is 4.74 Å². The minimum atomic E-state index is -1.84. The Morgan fingerprint density at radius 3 is 2.50 bits per heavy atom. The molecule has 2 aromatic rings. The van der Waals surface area contributed by atoms with Gasteiger partial charge in [-0.15, -0.1) is 0 Å². The molecule has 1 atom stereocenters. The molecule has 7 nitrogen and oxygen atoms in total. The van der Waals surface area contributed by atoms with E-state index in [0.29, 0.717) is 26.2 Å². The third-order valence-corrected chi connectivity index (χ3v) is 5.44. The molecule has 1 N–H and O–H groups in total. The van der Waals surface area contributed by atoms with Crippen molar-refractivity contribution in [3.8, 4) is 0 Å². The highest BCUT2D eigenvalue weighted by atomic mass is 32.1. The van der Waals surface area contributed by atoms with Crippen molar-refractivity contribution in [2.45, 2.75) is 12.5 Å². The van der Waals surface area contributed by atoms with Gasteiger partial charge in [0.2, 0.25) is 5.60 Å². The lowest BCUT2D eigenvalue weighted by Crippen LogP contribution is -2.58. The molecule has 1 unspecified atom stereocenters. The minimum absolute atomic E-state index is 0.445. The fraction of sp³-hybridized carbons (Fsp3) is 0.438. The van der Waals surface area contributed by atoms with Crippen LogP contribution < -0.4 is 4.90 Å². The topological polar surface area (TPSA) is 83.0 Å². The number of carbonyl (C=O) groups is 2. The van der Waals surface area contributed by atoms with Crippen LogP contribution in [0.15, 0.2) is 24.3 Å². The number of carboxylic acid groups (broad SMARTS) is 1. The quantitative estimate of drug-likeness (QED) is 0.841. The number of rotatable bonds is 4. The van der Waals surface area contributed by atoms with Crippen LogP contribution in [0.5, 0.6) is 0 Å². The molecule has 0 radical (unpaired) electrons. The largest absolute Gasteiger partial charge is 0.479 e. The summed E-state index contributed by atoms with van der Waals surface area (Å²) in [6.07, 6.45) is 0. The maximum Gasteiger partial charge on any atom is 0.345 e. The molecular formula is C16H19N3O4S. The van der Waals surface area contributed by atoms with Crippen LogP contribution in [-0.2, 0) is 14.3 Å². The first-order valence-corrected chi connectivity index (χ1v) is 8.46. The van der Waals surface area contributed by atoms with E-state index in [1.54, 1.807) is 16.2 Å². The Morgan fingerprint density at radius 2 is 1.92 bits per heavy atom. The van der Waals surface area contributed by atoms with Crippen molar-refractivity contribution in [3.05, 3.63) is 24.3 Å². The Kier molecular flexibility index (Phi) is 4.42. The Hall–Kier alpha value is -2.19. The third kappa shape index (κ3) is 2.83. The lowest BCUT2D eigenvalue weighted by Gasteiger charge is -2.37. The first-order valence-electron chi connectivity index (χ1n) is 7.64. The smallest absolute Gasteiger partial charge is 0.345 e. The number of methoxy groups -OCH3 is 1. The summed E-state index contributed by atoms with van der Waals surface area (Å²) in [5, 5.41) is 10.2. The van der Waals surface area contributed by atoms with E-state index in [9.17, 15) is 14.7 Å². The number of nitrogens with zero attached hydrogens (tertiary/aromatic N) is 3. The number of piperazine rings is 1. The Bertz CT molecular complexity index is 737. The van der Waals surface area contributed by atoms with E-state index in [1.165, 1.54) is 14.0 Å². The number of para-hydroxylation sites is 1. The van der Waals surface area contributed by atoms with Gasteiger partial charge >= 0.3 is 5.97 Å². The molecule has 3 rings (SSSR count). The number of hydrogen-bond acceptors (Lipinski definition) is 6. The number of aromatic nitrogens is 1. The van der Waals surface area contributed by atoms with Crippen LogP contribution in [0, 0.1) is 0 Å². The highest BCUT2D eigenvalue weighted by Gasteiger charge is 2.45. The molecule has 1 aliphatic heterocycles. The van der Waals surface area contributed by atoms with Crippen LogP contribution in [0.25, 0.3) is 10.2 Å². The summed E-state index contributed by atoms with van der Waals surface area (Å²) in [5.41, 5.74) is -0.869. The van der Waals surface area contributed by atoms with Crippen molar-refractivity contribution < 1.29 is 19.4 Å². The van der Waals surface area contributed by atoms with Gasteiger partial charge in [-0.1, -0.05) is 23.5 Å². The fourth-order valence-corrected chi connectivity index (χ4v) is 3.68. The predicted molar refractivity (Wildman–Crippen MR) is 91.5 cm³/mol. The molecular weight excluding hydrogens is 330 g/mol. The summed E-state index contributed by atoms with van der Waals surface area (Å²) in [4.78, 5) is 32.1. The summed E-state index contributed by atoms with van der Waals surface area (Å²) >= 11 is 1.62. The summed E-state index contributed by atoms with van der Waals surface area (Å²) in [6.45, 7) is 3.41. The monoisotopic (exact) mass is 349 g/mol. The van der Waals surface area contributed by atoms with Gasteiger partial charge in [0, 0.05) is 33.3 Å². The van der Waals surface area contributed by atoms with Gasteiger partial charge in [0.15, 0.2) is 5.13 Å². The first kappa shape index (κ1) is 16.7. The number of hydrogen-bond donors (Lipinski definition) is 1. The molecule has 0 spiro atoms. The van der Waals surface area contributed by atoms with Crippen molar-refractivity contribution >= 4 is 38.6 Å². The van der Waals surface area contributed by atoms with Crippen LogP contribution in [0.4, 0.5) is 5.13 Å². The maximum absolute atomic E-state index is 12.5. The normalized spacial score (nSPS) is 17.8. The standard InChI is InChI=1S/C16H19N3O4S/c1-16(23-2,14(21)22)13(20)18-7-9-19(10-8-18)15-17-11-5-3-4-6-12(11)24-15/h3-6H,7-10H2,1-2H3,(H,21,22). The second kappa shape index (κ2) is 6.37. The molecule has 1 saturated heterocycles. The van der Waals surface area contributed by atoms with Crippen LogP contribution >= 0.6 is 11.3 Å². The number of carbonyl (C=O) groups excluding carboxylic acids is 1. The van der Waals surface area contributed by atoms with E-state index in [-0.39, 0.29) is 0 Å². The van der Waals surface area contributed by atoms with Gasteiger partial charge in [0.05, 0.1) is 10.2 Å². The van der Waals surface area contributed by atoms with Gasteiger partial charge in [-0.05, 0) is 19.1 Å². The van der Waals surface area contributed by atoms with Gasteiger partial charge in [0.1, 0.15) is 0 Å². The summed E-state index contributed by atoms with van der Waals surface area (Å²) in [5.74, 6) is -1.79. The van der Waals surface area contributed by atoms with Gasteiger partial charge in [-0.2, -0.15) is 0 Å². The molecule has 24 heavy (non-hydrogen) atoms. The van der Waals surface area contributed by atoms with Crippen LogP contribution in [0.2, 0.25) is 0 Å². The Labute approximate surface area is 143 Å². The zero-order valence-corrected chi connectivity index (χ0v) is 14.4. The molecule has 1 aromatic carbocycles. The number of thiazole rings is 1. The molecule has 0 saturated carbocycles. The molecule has 0 aliphatic carbocycles. The van der Waals surface area contributed by atoms with Gasteiger partial charge in [-0.25, -0.2) is 9.78 Å². The van der Waals surface area contributed by atoms with Crippen molar-refractivity contribution in [2.75, 3.05) is 38.2 Å². The Morgan fingerprint density at radius 1 is 1.25 bits per heavy atom. The fourth-order valence-electron chi connectivity index (χ4n) is 2.66. The number of fused-ring (bicyclic) bond motifs is 1. The van der Waals surface area contributed by atoms with Crippen molar-refractivity contribution in [3.63, 3.8) is 0 Å². The number of ether oxygens (including phenoxy) is 1. The molecule has 1 amide bonds. The highest BCUT2D eigenvalue weighted by molar-refractivity contribution is 7.22. The van der Waals surface area contributed by atoms with Gasteiger partial charge in [0.25, 0.3) is 5.91 Å². The van der Waals surface area contributed by atoms with Gasteiger partial charge in [-0.3, -0.25) is 4.79 Å². The van der Waals surface area contributed by atoms with Crippen LogP contribution in [-0.4, -0.2) is 65.8 Å². The van der Waals surface area contributed by atoms with Crippen LogP contribution in [0.3, 0.4) is 0 Å². The zero-order chi connectivity index (χ0) is 17.3. The highest BCUT2D eigenvalue weighted by Crippen LogP contribution is 2.29. The molecule has 1 fully saturated rings. The van der Waals surface area contributed by atoms with E-state index in [2.05, 4.69) is 9.88 Å². The number of carboxylic acids is 1. The minimum Gasteiger partial charge on any atom is -0.479 e. The van der Waals surface area contributed by atoms with Crippen molar-refractivity contribution in [1.29, 1.82) is 0 Å². The number of aliphatic carboxylic acids is 1. The summed E-state index contributed by atoms with van der Waals surface area (Å²) in [7, 11) is 1.24. The second-order valence-corrected chi connectivity index (χ2v) is 6.80. The Balaban J connectivity index is 1.69. The predicted octanol–water partition coefficient (Wildman–Crippen LogP) is 1.43. The number of anilines is 1. The maximum atomic E-state index is 12.5. The lowest BCUT2D eigenvalue weighted by molar-refractivity contribution is -0.173. The molecule has 1 aliphatic rings. The average Bonchev–Trinajstić information content (AvgIpc) is 3.04. The molecule has 0 bridgehead atoms. The average molecular weight is 349 g/mol. The molecule has 128 valence electrons.